The number of benzene rings is 1. The number of nitrogens with zero attached hydrogens (tertiary/aromatic N) is 2. The number of hydrogen-bond acceptors (Lipinski definition) is 5. The van der Waals surface area contributed by atoms with E-state index in [0.29, 0.717) is 16.3 Å². The molecule has 0 N–H and O–H groups in total. The number of ether oxygens (including phenoxy) is 2. The SMILES string of the molecule is Cc1cc(C(=O)CSc2cccc[n+]2[O-])c(C)n1-c1ccc2c(c1)OCO2. The second kappa shape index (κ2) is 7.00. The van der Waals surface area contributed by atoms with Crippen LogP contribution in [0.2, 0.25) is 0 Å². The molecule has 0 saturated carbocycles. The molecule has 0 amide bonds. The summed E-state index contributed by atoms with van der Waals surface area (Å²) in [5, 5.41) is 12.2. The zero-order chi connectivity index (χ0) is 19.0. The minimum atomic E-state index is -0.0102. The summed E-state index contributed by atoms with van der Waals surface area (Å²) < 4.78 is 13.6. The van der Waals surface area contributed by atoms with Crippen molar-refractivity contribution in [2.45, 2.75) is 18.9 Å². The lowest BCUT2D eigenvalue weighted by molar-refractivity contribution is -0.645. The van der Waals surface area contributed by atoms with Gasteiger partial charge in [-0.1, -0.05) is 0 Å². The Kier molecular flexibility index (Phi) is 4.53. The van der Waals surface area contributed by atoms with Gasteiger partial charge >= 0.3 is 0 Å². The third-order valence-corrected chi connectivity index (χ3v) is 5.50. The van der Waals surface area contributed by atoms with Crippen LogP contribution in [0.3, 0.4) is 0 Å². The zero-order valence-corrected chi connectivity index (χ0v) is 15.8. The van der Waals surface area contributed by atoms with Gasteiger partial charge < -0.3 is 19.2 Å². The summed E-state index contributed by atoms with van der Waals surface area (Å²) in [5.74, 6) is 1.62. The van der Waals surface area contributed by atoms with E-state index in [1.807, 2.05) is 42.7 Å². The predicted octanol–water partition coefficient (Wildman–Crippen LogP) is 3.43. The van der Waals surface area contributed by atoms with Gasteiger partial charge in [-0.05, 0) is 49.9 Å². The third kappa shape index (κ3) is 3.26. The maximum atomic E-state index is 12.7. The Morgan fingerprint density at radius 3 is 2.81 bits per heavy atom. The van der Waals surface area contributed by atoms with Crippen molar-refractivity contribution < 1.29 is 19.0 Å². The summed E-state index contributed by atoms with van der Waals surface area (Å²) in [6, 6.07) is 12.8. The molecule has 138 valence electrons. The molecule has 0 atom stereocenters. The van der Waals surface area contributed by atoms with Gasteiger partial charge in [0.25, 0.3) is 5.03 Å². The van der Waals surface area contributed by atoms with E-state index in [0.717, 1.165) is 27.6 Å². The van der Waals surface area contributed by atoms with Crippen molar-refractivity contribution in [3.63, 3.8) is 0 Å². The van der Waals surface area contributed by atoms with Crippen LogP contribution < -0.4 is 14.2 Å². The third-order valence-electron chi connectivity index (χ3n) is 4.49. The Morgan fingerprint density at radius 2 is 2.00 bits per heavy atom. The molecule has 0 saturated heterocycles. The molecule has 0 unspecified atom stereocenters. The summed E-state index contributed by atoms with van der Waals surface area (Å²) in [7, 11) is 0. The first kappa shape index (κ1) is 17.5. The Bertz CT molecular complexity index is 1030. The second-order valence-electron chi connectivity index (χ2n) is 6.23. The monoisotopic (exact) mass is 382 g/mol. The molecule has 27 heavy (non-hydrogen) atoms. The summed E-state index contributed by atoms with van der Waals surface area (Å²) in [6.45, 7) is 4.11. The van der Waals surface area contributed by atoms with Crippen LogP contribution >= 0.6 is 11.8 Å². The van der Waals surface area contributed by atoms with Gasteiger partial charge in [-0.15, -0.1) is 0 Å². The molecule has 0 bridgehead atoms. The van der Waals surface area contributed by atoms with Crippen LogP contribution in [-0.2, 0) is 0 Å². The average molecular weight is 382 g/mol. The molecule has 3 aromatic rings. The number of fused-ring (bicyclic) bond motifs is 1. The molecule has 0 radical (unpaired) electrons. The van der Waals surface area contributed by atoms with Crippen LogP contribution in [0.5, 0.6) is 11.5 Å². The van der Waals surface area contributed by atoms with Crippen molar-refractivity contribution in [2.24, 2.45) is 0 Å². The van der Waals surface area contributed by atoms with Gasteiger partial charge in [0.05, 0.1) is 5.75 Å². The first-order valence-electron chi connectivity index (χ1n) is 8.48. The van der Waals surface area contributed by atoms with E-state index >= 15 is 0 Å². The van der Waals surface area contributed by atoms with Crippen LogP contribution in [0.25, 0.3) is 5.69 Å². The second-order valence-corrected chi connectivity index (χ2v) is 7.23. The van der Waals surface area contributed by atoms with Crippen LogP contribution in [0.15, 0.2) is 53.7 Å². The Labute approximate surface area is 160 Å². The van der Waals surface area contributed by atoms with Gasteiger partial charge in [0.15, 0.2) is 23.5 Å². The number of Topliss-reactive ketones (excluding diaryl/α,β-unsaturated/α-hetero) is 1. The zero-order valence-electron chi connectivity index (χ0n) is 15.0. The molecule has 0 aliphatic carbocycles. The number of aryl methyl sites for hydroxylation is 1. The quantitative estimate of drug-likeness (QED) is 0.293. The van der Waals surface area contributed by atoms with Crippen molar-refractivity contribution >= 4 is 17.5 Å². The smallest absolute Gasteiger partial charge is 0.251 e. The first-order valence-corrected chi connectivity index (χ1v) is 9.46. The van der Waals surface area contributed by atoms with Crippen LogP contribution in [0, 0.1) is 19.1 Å². The lowest BCUT2D eigenvalue weighted by Gasteiger charge is -2.10. The standard InChI is InChI=1S/C20H18N2O4S/c1-13-9-16(17(23)11-27-20-5-3-4-8-21(20)24)14(2)22(13)15-6-7-18-19(10-15)26-12-25-18/h3-10H,11-12H2,1-2H3. The van der Waals surface area contributed by atoms with E-state index in [1.165, 1.54) is 18.0 Å². The molecule has 4 rings (SSSR count). The van der Waals surface area contributed by atoms with Gasteiger partial charge in [0.2, 0.25) is 6.79 Å². The lowest BCUT2D eigenvalue weighted by Crippen LogP contribution is -2.28. The Morgan fingerprint density at radius 1 is 1.19 bits per heavy atom. The van der Waals surface area contributed by atoms with E-state index in [9.17, 15) is 10.0 Å². The molecule has 2 aromatic heterocycles. The van der Waals surface area contributed by atoms with Gasteiger partial charge in [-0.2, -0.15) is 4.73 Å². The van der Waals surface area contributed by atoms with Gasteiger partial charge in [-0.25, -0.2) is 0 Å². The van der Waals surface area contributed by atoms with Crippen LogP contribution in [0.1, 0.15) is 21.7 Å². The highest BCUT2D eigenvalue weighted by Gasteiger charge is 2.20. The van der Waals surface area contributed by atoms with E-state index < -0.39 is 0 Å². The fourth-order valence-corrected chi connectivity index (χ4v) is 4.01. The van der Waals surface area contributed by atoms with Gasteiger partial charge in [0.1, 0.15) is 0 Å². The average Bonchev–Trinajstić information content (AvgIpc) is 3.24. The van der Waals surface area contributed by atoms with Crippen molar-refractivity contribution in [1.29, 1.82) is 0 Å². The maximum absolute atomic E-state index is 12.7. The van der Waals surface area contributed by atoms with Crippen molar-refractivity contribution in [3.8, 4) is 17.2 Å². The number of pyridine rings is 1. The molecule has 0 spiro atoms. The minimum absolute atomic E-state index is 0.0102. The number of carbonyl (C=O) groups excluding carboxylic acids is 1. The Hall–Kier alpha value is -2.93. The summed E-state index contributed by atoms with van der Waals surface area (Å²) in [6.07, 6.45) is 1.43. The molecule has 1 aliphatic heterocycles. The van der Waals surface area contributed by atoms with Crippen molar-refractivity contribution in [1.82, 2.24) is 4.57 Å². The first-order chi connectivity index (χ1) is 13.0. The maximum Gasteiger partial charge on any atom is 0.251 e. The number of thioether (sulfide) groups is 1. The molecular formula is C20H18N2O4S. The lowest BCUT2D eigenvalue weighted by atomic mass is 10.2. The fraction of sp³-hybridized carbons (Fsp3) is 0.200. The van der Waals surface area contributed by atoms with Crippen molar-refractivity contribution in [3.05, 3.63) is 70.8 Å². The molecular weight excluding hydrogens is 364 g/mol. The van der Waals surface area contributed by atoms with E-state index in [-0.39, 0.29) is 18.3 Å². The number of hydrogen-bond donors (Lipinski definition) is 0. The number of rotatable bonds is 5. The molecule has 1 aromatic carbocycles. The molecule has 6 nitrogen and oxygen atoms in total. The number of ketones is 1. The molecule has 7 heteroatoms. The molecule has 3 heterocycles. The van der Waals surface area contributed by atoms with E-state index in [1.54, 1.807) is 18.2 Å². The topological polar surface area (TPSA) is 67.4 Å². The number of aromatic nitrogens is 2. The highest BCUT2D eigenvalue weighted by molar-refractivity contribution is 7.99. The van der Waals surface area contributed by atoms with Crippen LogP contribution in [-0.4, -0.2) is 22.9 Å². The highest BCUT2D eigenvalue weighted by atomic mass is 32.2. The minimum Gasteiger partial charge on any atom is -0.618 e. The Balaban J connectivity index is 1.59. The normalized spacial score (nSPS) is 12.4. The largest absolute Gasteiger partial charge is 0.618 e. The predicted molar refractivity (Wildman–Crippen MR) is 102 cm³/mol. The van der Waals surface area contributed by atoms with Crippen LogP contribution in [0.4, 0.5) is 0 Å². The highest BCUT2D eigenvalue weighted by Crippen LogP contribution is 2.35. The summed E-state index contributed by atoms with van der Waals surface area (Å²) >= 11 is 1.24. The van der Waals surface area contributed by atoms with E-state index in [2.05, 4.69) is 0 Å². The molecule has 1 aliphatic rings. The summed E-state index contributed by atoms with van der Waals surface area (Å²) in [4.78, 5) is 12.7. The fourth-order valence-electron chi connectivity index (χ4n) is 3.21. The van der Waals surface area contributed by atoms with Gasteiger partial charge in [0, 0.05) is 40.8 Å². The molecule has 0 fully saturated rings. The van der Waals surface area contributed by atoms with E-state index in [4.69, 9.17) is 9.47 Å². The summed E-state index contributed by atoms with van der Waals surface area (Å²) in [5.41, 5.74) is 3.39. The van der Waals surface area contributed by atoms with Gasteiger partial charge in [-0.3, -0.25) is 4.79 Å². The van der Waals surface area contributed by atoms with Crippen molar-refractivity contribution in [2.75, 3.05) is 12.5 Å². The number of carbonyl (C=O) groups is 1.